The van der Waals surface area contributed by atoms with Crippen molar-refractivity contribution in [2.24, 2.45) is 11.8 Å². The van der Waals surface area contributed by atoms with E-state index in [1.807, 2.05) is 60.7 Å². The van der Waals surface area contributed by atoms with Gasteiger partial charge in [-0.05, 0) is 47.4 Å². The van der Waals surface area contributed by atoms with Gasteiger partial charge in [-0.3, -0.25) is 9.10 Å². The van der Waals surface area contributed by atoms with Crippen LogP contribution in [0.15, 0.2) is 95.5 Å². The largest absolute Gasteiger partial charge is 0.497 e. The van der Waals surface area contributed by atoms with E-state index in [4.69, 9.17) is 4.74 Å². The fraction of sp³-hybridized carbons (Fsp3) is 0.222. The highest BCUT2D eigenvalue weighted by Gasteiger charge is 2.52. The molecule has 0 radical (unpaired) electrons. The first-order valence-corrected chi connectivity index (χ1v) is 12.5. The van der Waals surface area contributed by atoms with Crippen LogP contribution in [0.4, 0.5) is 0 Å². The lowest BCUT2D eigenvalue weighted by Crippen LogP contribution is -2.43. The number of benzene rings is 3. The Morgan fingerprint density at radius 3 is 2.18 bits per heavy atom. The monoisotopic (exact) mass is 459 g/mol. The first-order valence-electron chi connectivity index (χ1n) is 11.0. The molecule has 0 bridgehead atoms. The van der Waals surface area contributed by atoms with Crippen LogP contribution in [0.3, 0.4) is 0 Å². The summed E-state index contributed by atoms with van der Waals surface area (Å²) in [4.78, 5) is 13.0. The number of nitrogens with zero attached hydrogens (tertiary/aromatic N) is 1. The highest BCUT2D eigenvalue weighted by Crippen LogP contribution is 2.56. The van der Waals surface area contributed by atoms with Crippen molar-refractivity contribution in [3.63, 3.8) is 0 Å². The number of sulfonamides is 1. The zero-order valence-electron chi connectivity index (χ0n) is 18.3. The van der Waals surface area contributed by atoms with Crippen LogP contribution < -0.4 is 4.74 Å². The lowest BCUT2D eigenvalue weighted by Gasteiger charge is -2.43. The molecule has 0 heterocycles. The van der Waals surface area contributed by atoms with Crippen molar-refractivity contribution in [1.29, 1.82) is 0 Å². The predicted molar refractivity (Wildman–Crippen MR) is 127 cm³/mol. The summed E-state index contributed by atoms with van der Waals surface area (Å²) >= 11 is 0. The topological polar surface area (TPSA) is 63.7 Å². The molecule has 0 saturated heterocycles. The van der Waals surface area contributed by atoms with Crippen LogP contribution in [0.5, 0.6) is 5.75 Å². The molecule has 0 spiro atoms. The smallest absolute Gasteiger partial charge is 0.264 e. The Balaban J connectivity index is 1.67. The molecule has 1 fully saturated rings. The van der Waals surface area contributed by atoms with Gasteiger partial charge in [0.2, 0.25) is 0 Å². The van der Waals surface area contributed by atoms with E-state index in [1.54, 1.807) is 31.4 Å². The van der Waals surface area contributed by atoms with Crippen molar-refractivity contribution in [2.45, 2.75) is 24.3 Å². The highest BCUT2D eigenvalue weighted by atomic mass is 32.2. The van der Waals surface area contributed by atoms with E-state index in [2.05, 4.69) is 0 Å². The van der Waals surface area contributed by atoms with Crippen LogP contribution in [0.1, 0.15) is 24.0 Å². The van der Waals surface area contributed by atoms with Crippen LogP contribution in [0.25, 0.3) is 5.57 Å². The van der Waals surface area contributed by atoms with E-state index in [-0.39, 0.29) is 29.1 Å². The Hall–Kier alpha value is -3.38. The maximum absolute atomic E-state index is 14.0. The van der Waals surface area contributed by atoms with Gasteiger partial charge in [-0.15, -0.1) is 0 Å². The van der Waals surface area contributed by atoms with E-state index in [9.17, 15) is 13.2 Å². The van der Waals surface area contributed by atoms with Gasteiger partial charge in [-0.2, -0.15) is 0 Å². The molecule has 33 heavy (non-hydrogen) atoms. The van der Waals surface area contributed by atoms with E-state index >= 15 is 0 Å². The molecule has 0 aliphatic heterocycles. The predicted octanol–water partition coefficient (Wildman–Crippen LogP) is 4.91. The number of Topliss-reactive ketones (excluding diaryl/α,β-unsaturated/α-hetero) is 1. The first kappa shape index (κ1) is 21.5. The van der Waals surface area contributed by atoms with E-state index in [0.717, 1.165) is 23.1 Å². The minimum atomic E-state index is -3.92. The van der Waals surface area contributed by atoms with Gasteiger partial charge in [0.1, 0.15) is 11.5 Å². The first-order chi connectivity index (χ1) is 16.0. The second kappa shape index (κ2) is 8.52. The van der Waals surface area contributed by atoms with Crippen molar-refractivity contribution >= 4 is 21.4 Å². The van der Waals surface area contributed by atoms with Gasteiger partial charge in [0.15, 0.2) is 0 Å². The van der Waals surface area contributed by atoms with Crippen LogP contribution >= 0.6 is 0 Å². The summed E-state index contributed by atoms with van der Waals surface area (Å²) in [6.45, 7) is 0.164. The van der Waals surface area contributed by atoms with E-state index in [0.29, 0.717) is 17.9 Å². The van der Waals surface area contributed by atoms with Gasteiger partial charge in [0.05, 0.1) is 24.5 Å². The third kappa shape index (κ3) is 3.74. The van der Waals surface area contributed by atoms with Crippen LogP contribution in [0.2, 0.25) is 0 Å². The molecule has 6 heteroatoms. The zero-order valence-corrected chi connectivity index (χ0v) is 19.2. The van der Waals surface area contributed by atoms with E-state index < -0.39 is 10.0 Å². The second-order valence-electron chi connectivity index (χ2n) is 8.43. The Morgan fingerprint density at radius 1 is 0.909 bits per heavy atom. The lowest BCUT2D eigenvalue weighted by atomic mass is 9.70. The second-order valence-corrected chi connectivity index (χ2v) is 10.3. The summed E-state index contributed by atoms with van der Waals surface area (Å²) < 4.78 is 34.6. The van der Waals surface area contributed by atoms with Gasteiger partial charge in [-0.25, -0.2) is 8.42 Å². The summed E-state index contributed by atoms with van der Waals surface area (Å²) in [6.07, 6.45) is 1.25. The number of hydrogen-bond donors (Lipinski definition) is 0. The van der Waals surface area contributed by atoms with E-state index in [1.165, 1.54) is 4.31 Å². The van der Waals surface area contributed by atoms with Crippen LogP contribution in [-0.4, -0.2) is 25.6 Å². The SMILES string of the molecule is COc1ccc(S(=O)(=O)N(Cc2ccccc2)C2=C(c3ccccc3)[C@H]3CCC(=O)[C@@H]23)cc1. The molecule has 0 amide bonds. The number of ether oxygens (including phenoxy) is 1. The Labute approximate surface area is 194 Å². The van der Waals surface area contributed by atoms with Gasteiger partial charge < -0.3 is 4.74 Å². The molecule has 2 aliphatic carbocycles. The molecule has 2 atom stereocenters. The molecule has 0 unspecified atom stereocenters. The molecule has 0 N–H and O–H groups in total. The molecule has 3 aromatic rings. The molecule has 0 aromatic heterocycles. The molecule has 5 rings (SSSR count). The van der Waals surface area contributed by atoms with Crippen molar-refractivity contribution in [1.82, 2.24) is 4.31 Å². The summed E-state index contributed by atoms with van der Waals surface area (Å²) in [5, 5.41) is 0. The quantitative estimate of drug-likeness (QED) is 0.504. The maximum Gasteiger partial charge on any atom is 0.264 e. The van der Waals surface area contributed by atoms with Crippen LogP contribution in [0, 0.1) is 11.8 Å². The Bertz CT molecular complexity index is 1300. The molecule has 3 aromatic carbocycles. The van der Waals surface area contributed by atoms with Crippen molar-refractivity contribution in [3.8, 4) is 5.75 Å². The van der Waals surface area contributed by atoms with Crippen LogP contribution in [-0.2, 0) is 21.4 Å². The summed E-state index contributed by atoms with van der Waals surface area (Å²) in [5.74, 6) is 0.399. The minimum Gasteiger partial charge on any atom is -0.497 e. The summed E-state index contributed by atoms with van der Waals surface area (Å²) in [6, 6.07) is 25.7. The number of allylic oxidation sites excluding steroid dienone is 2. The average Bonchev–Trinajstić information content (AvgIpc) is 3.15. The number of rotatable bonds is 7. The van der Waals surface area contributed by atoms with Gasteiger partial charge in [-0.1, -0.05) is 60.7 Å². The fourth-order valence-corrected chi connectivity index (χ4v) is 6.48. The van der Waals surface area contributed by atoms with Crippen molar-refractivity contribution in [2.75, 3.05) is 7.11 Å². The molecular weight excluding hydrogens is 434 g/mol. The number of hydrogen-bond acceptors (Lipinski definition) is 4. The van der Waals surface area contributed by atoms with Gasteiger partial charge in [0, 0.05) is 18.0 Å². The lowest BCUT2D eigenvalue weighted by molar-refractivity contribution is -0.120. The number of methoxy groups -OCH3 is 1. The zero-order chi connectivity index (χ0) is 23.0. The minimum absolute atomic E-state index is 0.0687. The molecule has 168 valence electrons. The van der Waals surface area contributed by atoms with Crippen molar-refractivity contribution in [3.05, 3.63) is 102 Å². The summed E-state index contributed by atoms with van der Waals surface area (Å²) in [5.41, 5.74) is 3.43. The Kier molecular flexibility index (Phi) is 5.54. The standard InChI is InChI=1S/C27H25NO4S/c1-32-21-12-14-22(15-13-21)33(30,31)28(18-19-8-4-2-5-9-19)27-25(20-10-6-3-7-11-20)23-16-17-24(29)26(23)27/h2-15,23,26H,16-18H2,1H3/t23-,26+/m1/s1. The number of carbonyl (C=O) groups excluding carboxylic acids is 1. The maximum atomic E-state index is 14.0. The van der Waals surface area contributed by atoms with Crippen molar-refractivity contribution < 1.29 is 17.9 Å². The van der Waals surface area contributed by atoms with Gasteiger partial charge >= 0.3 is 0 Å². The number of carbonyl (C=O) groups is 1. The third-order valence-corrected chi connectivity index (χ3v) is 8.34. The van der Waals surface area contributed by atoms with Gasteiger partial charge in [0.25, 0.3) is 10.0 Å². The highest BCUT2D eigenvalue weighted by molar-refractivity contribution is 7.89. The molecule has 5 nitrogen and oxygen atoms in total. The third-order valence-electron chi connectivity index (χ3n) is 6.56. The number of ketones is 1. The number of fused-ring (bicyclic) bond motifs is 1. The Morgan fingerprint density at radius 2 is 1.55 bits per heavy atom. The fourth-order valence-electron chi connectivity index (χ4n) is 4.95. The molecular formula is C27H25NO4S. The normalized spacial score (nSPS) is 19.7. The molecule has 2 aliphatic rings. The molecule has 1 saturated carbocycles. The summed E-state index contributed by atoms with van der Waals surface area (Å²) in [7, 11) is -2.38. The average molecular weight is 460 g/mol.